The average Bonchev–Trinajstić information content (AvgIpc) is 2.55. The number of aliphatic imine (C=N–C) groups is 1. The predicted octanol–water partition coefficient (Wildman–Crippen LogP) is 4.00. The van der Waals surface area contributed by atoms with E-state index in [-0.39, 0.29) is 11.8 Å². The molecule has 2 aromatic rings. The second-order valence-corrected chi connectivity index (χ2v) is 5.50. The number of nitrogens with zero attached hydrogens (tertiary/aromatic N) is 1. The first-order chi connectivity index (χ1) is 10.6. The van der Waals surface area contributed by atoms with E-state index in [2.05, 4.69) is 4.99 Å². The van der Waals surface area contributed by atoms with Gasteiger partial charge in [-0.05, 0) is 42.8 Å². The van der Waals surface area contributed by atoms with Crippen molar-refractivity contribution < 1.29 is 14.6 Å². The van der Waals surface area contributed by atoms with Crippen molar-refractivity contribution in [2.24, 2.45) is 4.99 Å². The molecule has 1 heterocycles. The maximum Gasteiger partial charge on any atom is 0.161 e. The maximum absolute atomic E-state index is 9.79. The van der Waals surface area contributed by atoms with E-state index in [1.807, 2.05) is 25.1 Å². The molecule has 1 aliphatic heterocycles. The molecule has 0 saturated heterocycles. The molecule has 0 saturated carbocycles. The first kappa shape index (κ1) is 14.7. The first-order valence-electron chi connectivity index (χ1n) is 7.05. The van der Waals surface area contributed by atoms with Gasteiger partial charge in [0.1, 0.15) is 19.0 Å². The van der Waals surface area contributed by atoms with Gasteiger partial charge in [-0.2, -0.15) is 0 Å². The molecule has 0 radical (unpaired) electrons. The van der Waals surface area contributed by atoms with Crippen molar-refractivity contribution in [3.05, 3.63) is 52.5 Å². The molecule has 1 atom stereocenters. The smallest absolute Gasteiger partial charge is 0.161 e. The molecular weight excluding hydrogens is 302 g/mol. The third-order valence-electron chi connectivity index (χ3n) is 3.48. The third-order valence-corrected chi connectivity index (χ3v) is 3.71. The number of benzene rings is 2. The van der Waals surface area contributed by atoms with E-state index in [9.17, 15) is 5.11 Å². The molecule has 0 aliphatic carbocycles. The lowest BCUT2D eigenvalue weighted by molar-refractivity contribution is 0.171. The quantitative estimate of drug-likeness (QED) is 0.871. The normalized spacial score (nSPS) is 15.0. The van der Waals surface area contributed by atoms with Crippen LogP contribution in [0.3, 0.4) is 0 Å². The molecule has 0 fully saturated rings. The van der Waals surface area contributed by atoms with Crippen molar-refractivity contribution in [2.45, 2.75) is 13.0 Å². The van der Waals surface area contributed by atoms with Crippen LogP contribution in [0.25, 0.3) is 0 Å². The van der Waals surface area contributed by atoms with Crippen molar-refractivity contribution in [3.8, 4) is 17.2 Å². The molecule has 5 heteroatoms. The summed E-state index contributed by atoms with van der Waals surface area (Å²) >= 11 is 5.93. The number of ether oxygens (including phenoxy) is 2. The van der Waals surface area contributed by atoms with Gasteiger partial charge in [-0.1, -0.05) is 17.7 Å². The molecule has 0 bridgehead atoms. The first-order valence-corrected chi connectivity index (χ1v) is 7.42. The van der Waals surface area contributed by atoms with Crippen LogP contribution in [-0.4, -0.2) is 24.5 Å². The molecule has 1 aliphatic rings. The van der Waals surface area contributed by atoms with Gasteiger partial charge >= 0.3 is 0 Å². The summed E-state index contributed by atoms with van der Waals surface area (Å²) in [6, 6.07) is 10.6. The van der Waals surface area contributed by atoms with E-state index in [1.54, 1.807) is 24.4 Å². The standard InChI is InChI=1S/C17H16ClNO3/c1-11(19-10-13-8-14(18)3-4-15(13)20)12-2-5-16-17(9-12)22-7-6-21-16/h2-5,8-11,20H,6-7H2,1H3/t11-/m1/s1. The van der Waals surface area contributed by atoms with Crippen molar-refractivity contribution >= 4 is 17.8 Å². The van der Waals surface area contributed by atoms with Crippen LogP contribution in [0.2, 0.25) is 5.02 Å². The van der Waals surface area contributed by atoms with Crippen LogP contribution in [0.5, 0.6) is 17.2 Å². The fourth-order valence-electron chi connectivity index (χ4n) is 2.23. The van der Waals surface area contributed by atoms with Gasteiger partial charge in [0.15, 0.2) is 11.5 Å². The molecule has 2 aromatic carbocycles. The van der Waals surface area contributed by atoms with E-state index in [0.717, 1.165) is 17.1 Å². The summed E-state index contributed by atoms with van der Waals surface area (Å²) in [4.78, 5) is 4.48. The summed E-state index contributed by atoms with van der Waals surface area (Å²) in [5.74, 6) is 1.66. The highest BCUT2D eigenvalue weighted by Gasteiger charge is 2.13. The number of hydrogen-bond acceptors (Lipinski definition) is 4. The lowest BCUT2D eigenvalue weighted by atomic mass is 10.1. The molecule has 22 heavy (non-hydrogen) atoms. The lowest BCUT2D eigenvalue weighted by Gasteiger charge is -2.19. The number of aromatic hydroxyl groups is 1. The number of halogens is 1. The minimum Gasteiger partial charge on any atom is -0.507 e. The lowest BCUT2D eigenvalue weighted by Crippen LogP contribution is -2.15. The molecule has 0 unspecified atom stereocenters. The number of hydrogen-bond donors (Lipinski definition) is 1. The molecule has 3 rings (SSSR count). The highest BCUT2D eigenvalue weighted by Crippen LogP contribution is 2.33. The van der Waals surface area contributed by atoms with Crippen LogP contribution in [-0.2, 0) is 0 Å². The van der Waals surface area contributed by atoms with Gasteiger partial charge < -0.3 is 14.6 Å². The number of phenols is 1. The Labute approximate surface area is 134 Å². The van der Waals surface area contributed by atoms with Crippen LogP contribution < -0.4 is 9.47 Å². The van der Waals surface area contributed by atoms with Gasteiger partial charge in [0.25, 0.3) is 0 Å². The Morgan fingerprint density at radius 3 is 2.73 bits per heavy atom. The molecule has 1 N–H and O–H groups in total. The van der Waals surface area contributed by atoms with Crippen LogP contribution in [0, 0.1) is 0 Å². The molecule has 0 aromatic heterocycles. The zero-order valence-corrected chi connectivity index (χ0v) is 12.9. The number of fused-ring (bicyclic) bond motifs is 1. The molecule has 114 valence electrons. The summed E-state index contributed by atoms with van der Waals surface area (Å²) in [5, 5.41) is 10.4. The van der Waals surface area contributed by atoms with E-state index < -0.39 is 0 Å². The fourth-order valence-corrected chi connectivity index (χ4v) is 2.41. The minimum absolute atomic E-state index is 0.0748. The maximum atomic E-state index is 9.79. The number of phenolic OH excluding ortho intramolecular Hbond substituents is 1. The van der Waals surface area contributed by atoms with Crippen molar-refractivity contribution in [1.82, 2.24) is 0 Å². The van der Waals surface area contributed by atoms with Crippen molar-refractivity contribution in [2.75, 3.05) is 13.2 Å². The molecular formula is C17H16ClNO3. The van der Waals surface area contributed by atoms with Gasteiger partial charge in [-0.3, -0.25) is 4.99 Å². The van der Waals surface area contributed by atoms with E-state index in [0.29, 0.717) is 23.8 Å². The van der Waals surface area contributed by atoms with Crippen LogP contribution >= 0.6 is 11.6 Å². The van der Waals surface area contributed by atoms with E-state index in [4.69, 9.17) is 21.1 Å². The topological polar surface area (TPSA) is 51.1 Å². The van der Waals surface area contributed by atoms with Gasteiger partial charge in [0.05, 0.1) is 6.04 Å². The number of rotatable bonds is 3. The largest absolute Gasteiger partial charge is 0.507 e. The second-order valence-electron chi connectivity index (χ2n) is 5.06. The monoisotopic (exact) mass is 317 g/mol. The Morgan fingerprint density at radius 2 is 1.91 bits per heavy atom. The molecule has 4 nitrogen and oxygen atoms in total. The van der Waals surface area contributed by atoms with Crippen LogP contribution in [0.1, 0.15) is 24.1 Å². The highest BCUT2D eigenvalue weighted by molar-refractivity contribution is 6.30. The van der Waals surface area contributed by atoms with Crippen molar-refractivity contribution in [3.63, 3.8) is 0 Å². The van der Waals surface area contributed by atoms with E-state index in [1.165, 1.54) is 0 Å². The summed E-state index contributed by atoms with van der Waals surface area (Å²) in [5.41, 5.74) is 1.61. The highest BCUT2D eigenvalue weighted by atomic mass is 35.5. The van der Waals surface area contributed by atoms with E-state index >= 15 is 0 Å². The minimum atomic E-state index is -0.0748. The Bertz CT molecular complexity index is 715. The zero-order chi connectivity index (χ0) is 15.5. The van der Waals surface area contributed by atoms with Gasteiger partial charge in [-0.15, -0.1) is 0 Å². The Kier molecular flexibility index (Phi) is 4.20. The fraction of sp³-hybridized carbons (Fsp3) is 0.235. The predicted molar refractivity (Wildman–Crippen MR) is 86.6 cm³/mol. The Morgan fingerprint density at radius 1 is 1.14 bits per heavy atom. The van der Waals surface area contributed by atoms with Crippen LogP contribution in [0.4, 0.5) is 0 Å². The van der Waals surface area contributed by atoms with Crippen molar-refractivity contribution in [1.29, 1.82) is 0 Å². The Hall–Kier alpha value is -2.20. The summed E-state index contributed by atoms with van der Waals surface area (Å²) in [7, 11) is 0. The zero-order valence-electron chi connectivity index (χ0n) is 12.1. The second kappa shape index (κ2) is 6.28. The SMILES string of the molecule is C[C@@H](N=Cc1cc(Cl)ccc1O)c1ccc2c(c1)OCCO2. The van der Waals surface area contributed by atoms with Gasteiger partial charge in [0, 0.05) is 16.8 Å². The average molecular weight is 318 g/mol. The third kappa shape index (κ3) is 3.17. The van der Waals surface area contributed by atoms with Gasteiger partial charge in [-0.25, -0.2) is 0 Å². The summed E-state index contributed by atoms with van der Waals surface area (Å²) in [6.07, 6.45) is 1.63. The molecule has 0 amide bonds. The molecule has 0 spiro atoms. The Balaban J connectivity index is 1.80. The summed E-state index contributed by atoms with van der Waals surface area (Å²) in [6.45, 7) is 3.11. The van der Waals surface area contributed by atoms with Crippen LogP contribution in [0.15, 0.2) is 41.4 Å². The van der Waals surface area contributed by atoms with Gasteiger partial charge in [0.2, 0.25) is 0 Å². The summed E-state index contributed by atoms with van der Waals surface area (Å²) < 4.78 is 11.1.